The molecule has 1 aliphatic rings. The second kappa shape index (κ2) is 8.15. The Labute approximate surface area is 170 Å². The fraction of sp³-hybridized carbons (Fsp3) is 0.524. The van der Waals surface area contributed by atoms with Gasteiger partial charge in [-0.15, -0.1) is 13.2 Å². The summed E-state index contributed by atoms with van der Waals surface area (Å²) in [5.41, 5.74) is -0.127. The maximum atomic E-state index is 13.6. The summed E-state index contributed by atoms with van der Waals surface area (Å²) in [4.78, 5) is 0.234. The molecule has 1 aromatic carbocycles. The zero-order chi connectivity index (χ0) is 21.3. The van der Waals surface area contributed by atoms with E-state index in [9.17, 15) is 8.42 Å². The Balaban J connectivity index is 2.53. The molecule has 5 nitrogen and oxygen atoms in total. The lowest BCUT2D eigenvalue weighted by atomic mass is 9.76. The molecule has 2 atom stereocenters. The molecule has 0 radical (unpaired) electrons. The number of rotatable bonds is 8. The predicted octanol–water partition coefficient (Wildman–Crippen LogP) is 4.14. The minimum atomic E-state index is -3.81. The highest BCUT2D eigenvalue weighted by Crippen LogP contribution is 2.40. The summed E-state index contributed by atoms with van der Waals surface area (Å²) in [5.74, 6) is -0.571. The molecule has 0 spiro atoms. The average molecular weight is 405 g/mol. The highest BCUT2D eigenvalue weighted by atomic mass is 32.2. The van der Waals surface area contributed by atoms with Gasteiger partial charge in [0.2, 0.25) is 10.0 Å². The van der Waals surface area contributed by atoms with Crippen molar-refractivity contribution in [2.75, 3.05) is 0 Å². The Morgan fingerprint density at radius 1 is 1.11 bits per heavy atom. The van der Waals surface area contributed by atoms with Gasteiger partial charge >= 0.3 is 7.12 Å². The van der Waals surface area contributed by atoms with E-state index < -0.39 is 40.3 Å². The first kappa shape index (κ1) is 22.9. The molecule has 2 unspecified atom stereocenters. The van der Waals surface area contributed by atoms with E-state index in [2.05, 4.69) is 13.2 Å². The third-order valence-corrected chi connectivity index (χ3v) is 7.69. The van der Waals surface area contributed by atoms with E-state index in [1.54, 1.807) is 43.3 Å². The van der Waals surface area contributed by atoms with Gasteiger partial charge in [0, 0.05) is 6.04 Å². The normalized spacial score (nSPS) is 20.8. The molecule has 1 heterocycles. The standard InChI is InChI=1S/C21H32BNO4S/c1-9-11-19(22-26-20(5,6)21(7,8)27-22)23(17(4)10-2)28(24,25)18-14-12-16(3)13-15-18/h9-10,12-15,17,19H,1-2,11H2,3-8H3. The van der Waals surface area contributed by atoms with Gasteiger partial charge in [-0.1, -0.05) is 29.8 Å². The second-order valence-corrected chi connectivity index (χ2v) is 10.2. The fourth-order valence-corrected chi connectivity index (χ4v) is 4.98. The van der Waals surface area contributed by atoms with E-state index in [1.165, 1.54) is 4.31 Å². The highest BCUT2D eigenvalue weighted by molar-refractivity contribution is 7.89. The number of aryl methyl sites for hydroxylation is 1. The summed E-state index contributed by atoms with van der Waals surface area (Å²) in [6, 6.07) is 6.39. The maximum Gasteiger partial charge on any atom is 0.477 e. The van der Waals surface area contributed by atoms with Gasteiger partial charge in [0.15, 0.2) is 0 Å². The van der Waals surface area contributed by atoms with E-state index >= 15 is 0 Å². The SMILES string of the molecule is C=CCC(B1OC(C)(C)C(C)(C)O1)N(C(C)C=C)S(=O)(=O)c1ccc(C)cc1. The fourth-order valence-electron chi connectivity index (χ4n) is 3.19. The van der Waals surface area contributed by atoms with Crippen molar-refractivity contribution in [1.29, 1.82) is 0 Å². The zero-order valence-electron chi connectivity index (χ0n) is 17.8. The van der Waals surface area contributed by atoms with Crippen molar-refractivity contribution < 1.29 is 17.7 Å². The molecule has 1 aliphatic heterocycles. The zero-order valence-corrected chi connectivity index (χ0v) is 18.6. The molecule has 1 fully saturated rings. The number of hydrogen-bond donors (Lipinski definition) is 0. The first-order valence-corrected chi connectivity index (χ1v) is 11.0. The summed E-state index contributed by atoms with van der Waals surface area (Å²) in [5, 5.41) is 0. The molecule has 0 aliphatic carbocycles. The minimum absolute atomic E-state index is 0.234. The van der Waals surface area contributed by atoms with Crippen LogP contribution in [0.15, 0.2) is 54.5 Å². The number of sulfonamides is 1. The Hall–Kier alpha value is -1.41. The quantitative estimate of drug-likeness (QED) is 0.482. The van der Waals surface area contributed by atoms with Crippen LogP contribution in [-0.2, 0) is 19.3 Å². The van der Waals surface area contributed by atoms with Crippen LogP contribution in [0.4, 0.5) is 0 Å². The number of nitrogens with zero attached hydrogens (tertiary/aromatic N) is 1. The predicted molar refractivity (Wildman–Crippen MR) is 115 cm³/mol. The van der Waals surface area contributed by atoms with Crippen LogP contribution in [0.2, 0.25) is 0 Å². The highest BCUT2D eigenvalue weighted by Gasteiger charge is 2.56. The van der Waals surface area contributed by atoms with Crippen molar-refractivity contribution in [2.24, 2.45) is 0 Å². The summed E-state index contributed by atoms with van der Waals surface area (Å²) in [6.07, 6.45) is 3.70. The van der Waals surface area contributed by atoms with Crippen LogP contribution < -0.4 is 0 Å². The summed E-state index contributed by atoms with van der Waals surface area (Å²) in [7, 11) is -4.53. The summed E-state index contributed by atoms with van der Waals surface area (Å²) in [6.45, 7) is 19.2. The van der Waals surface area contributed by atoms with Crippen molar-refractivity contribution >= 4 is 17.1 Å². The van der Waals surface area contributed by atoms with Crippen LogP contribution in [0.5, 0.6) is 0 Å². The van der Waals surface area contributed by atoms with E-state index in [-0.39, 0.29) is 4.90 Å². The summed E-state index contributed by atoms with van der Waals surface area (Å²) >= 11 is 0. The van der Waals surface area contributed by atoms with E-state index in [0.29, 0.717) is 6.42 Å². The lowest BCUT2D eigenvalue weighted by Crippen LogP contribution is -2.53. The van der Waals surface area contributed by atoms with E-state index in [1.807, 2.05) is 34.6 Å². The van der Waals surface area contributed by atoms with Crippen molar-refractivity contribution in [1.82, 2.24) is 4.31 Å². The Kier molecular flexibility index (Phi) is 6.66. The van der Waals surface area contributed by atoms with Crippen molar-refractivity contribution in [3.8, 4) is 0 Å². The van der Waals surface area contributed by atoms with Crippen LogP contribution in [0.3, 0.4) is 0 Å². The molecule has 28 heavy (non-hydrogen) atoms. The van der Waals surface area contributed by atoms with Gasteiger partial charge in [0.1, 0.15) is 0 Å². The van der Waals surface area contributed by atoms with Crippen molar-refractivity contribution in [2.45, 2.75) is 76.0 Å². The van der Waals surface area contributed by atoms with Crippen LogP contribution in [0, 0.1) is 6.92 Å². The largest absolute Gasteiger partial charge is 0.477 e. The van der Waals surface area contributed by atoms with Gasteiger partial charge in [-0.3, -0.25) is 0 Å². The maximum absolute atomic E-state index is 13.6. The minimum Gasteiger partial charge on any atom is -0.402 e. The van der Waals surface area contributed by atoms with Crippen LogP contribution >= 0.6 is 0 Å². The topological polar surface area (TPSA) is 55.8 Å². The number of hydrogen-bond acceptors (Lipinski definition) is 4. The molecule has 154 valence electrons. The lowest BCUT2D eigenvalue weighted by molar-refractivity contribution is 0.00578. The van der Waals surface area contributed by atoms with Gasteiger partial charge in [-0.2, -0.15) is 4.31 Å². The molecule has 0 amide bonds. The van der Waals surface area contributed by atoms with Gasteiger partial charge in [0.05, 0.1) is 22.0 Å². The van der Waals surface area contributed by atoms with Crippen molar-refractivity contribution in [3.63, 3.8) is 0 Å². The number of benzene rings is 1. The Morgan fingerprint density at radius 2 is 1.61 bits per heavy atom. The van der Waals surface area contributed by atoms with Gasteiger partial charge in [0.25, 0.3) is 0 Å². The Bertz CT molecular complexity index is 801. The first-order chi connectivity index (χ1) is 12.9. The molecule has 1 aromatic rings. The molecule has 7 heteroatoms. The molecule has 2 rings (SSSR count). The van der Waals surface area contributed by atoms with Gasteiger partial charge < -0.3 is 9.31 Å². The van der Waals surface area contributed by atoms with Gasteiger partial charge in [-0.05, 0) is 60.1 Å². The molecule has 0 aromatic heterocycles. The van der Waals surface area contributed by atoms with Crippen molar-refractivity contribution in [3.05, 3.63) is 55.1 Å². The molecule has 0 saturated carbocycles. The van der Waals surface area contributed by atoms with E-state index in [0.717, 1.165) is 5.56 Å². The van der Waals surface area contributed by atoms with Crippen LogP contribution in [0.25, 0.3) is 0 Å². The van der Waals surface area contributed by atoms with Gasteiger partial charge in [-0.25, -0.2) is 8.42 Å². The molecule has 1 saturated heterocycles. The third-order valence-electron chi connectivity index (χ3n) is 5.66. The Morgan fingerprint density at radius 3 is 2.04 bits per heavy atom. The smallest absolute Gasteiger partial charge is 0.402 e. The monoisotopic (exact) mass is 405 g/mol. The molecular weight excluding hydrogens is 373 g/mol. The summed E-state index contributed by atoms with van der Waals surface area (Å²) < 4.78 is 41.0. The lowest BCUT2D eigenvalue weighted by Gasteiger charge is -2.34. The van der Waals surface area contributed by atoms with E-state index in [4.69, 9.17) is 9.31 Å². The van der Waals surface area contributed by atoms with Crippen LogP contribution in [-0.4, -0.2) is 43.0 Å². The third kappa shape index (κ3) is 4.27. The second-order valence-electron chi connectivity index (χ2n) is 8.34. The first-order valence-electron chi connectivity index (χ1n) is 9.56. The van der Waals surface area contributed by atoms with Crippen LogP contribution in [0.1, 0.15) is 46.6 Å². The molecule has 0 N–H and O–H groups in total. The molecule has 0 bridgehead atoms. The average Bonchev–Trinajstić information content (AvgIpc) is 2.82. The molecular formula is C21H32BNO4S.